The molecule has 194 valence electrons. The van der Waals surface area contributed by atoms with Gasteiger partial charge in [-0.05, 0) is 18.8 Å². The molecule has 11 heteroatoms. The fourth-order valence-electron chi connectivity index (χ4n) is 4.63. The first-order valence-electron chi connectivity index (χ1n) is 12.4. The summed E-state index contributed by atoms with van der Waals surface area (Å²) in [5.74, 6) is -1.36. The van der Waals surface area contributed by atoms with Gasteiger partial charge in [-0.3, -0.25) is 34.0 Å². The van der Waals surface area contributed by atoms with Crippen LogP contribution in [0.15, 0.2) is 0 Å². The Bertz CT molecular complexity index is 658. The van der Waals surface area contributed by atoms with Gasteiger partial charge in [-0.2, -0.15) is 0 Å². The van der Waals surface area contributed by atoms with Crippen molar-refractivity contribution in [2.45, 2.75) is 32.1 Å². The molecule has 1 amide bonds. The lowest BCUT2D eigenvalue weighted by Crippen LogP contribution is -2.49. The molecular weight excluding hydrogens is 442 g/mol. The maximum atomic E-state index is 12.6. The Morgan fingerprint density at radius 1 is 0.706 bits per heavy atom. The number of carbonyl (C=O) groups is 4. The summed E-state index contributed by atoms with van der Waals surface area (Å²) in [7, 11) is 0. The molecule has 0 aromatic heterocycles. The minimum absolute atomic E-state index is 0.0305. The van der Waals surface area contributed by atoms with E-state index < -0.39 is 11.9 Å². The average Bonchev–Trinajstić information content (AvgIpc) is 2.79. The molecule has 2 rings (SSSR count). The highest BCUT2D eigenvalue weighted by Crippen LogP contribution is 2.22. The third kappa shape index (κ3) is 11.9. The molecule has 1 saturated heterocycles. The Morgan fingerprint density at radius 3 is 1.59 bits per heavy atom. The normalized spacial score (nSPS) is 21.3. The number of hydrogen-bond acceptors (Lipinski definition) is 8. The highest BCUT2D eigenvalue weighted by Gasteiger charge is 2.21. The molecule has 0 atom stereocenters. The maximum absolute atomic E-state index is 12.6. The molecule has 1 saturated carbocycles. The van der Waals surface area contributed by atoms with Crippen LogP contribution in [0.4, 0.5) is 0 Å². The maximum Gasteiger partial charge on any atom is 0.317 e. The molecule has 2 fully saturated rings. The van der Waals surface area contributed by atoms with Crippen LogP contribution in [-0.4, -0.2) is 139 Å². The number of rotatable bonds is 10. The Hall–Kier alpha value is -2.08. The number of carboxylic acids is 2. The van der Waals surface area contributed by atoms with E-state index in [1.165, 1.54) is 19.3 Å². The van der Waals surface area contributed by atoms with E-state index in [0.29, 0.717) is 64.8 Å². The van der Waals surface area contributed by atoms with Crippen molar-refractivity contribution < 1.29 is 29.4 Å². The van der Waals surface area contributed by atoms with Crippen LogP contribution in [-0.2, 0) is 19.2 Å². The van der Waals surface area contributed by atoms with E-state index in [1.807, 2.05) is 9.80 Å². The second kappa shape index (κ2) is 15.8. The van der Waals surface area contributed by atoms with E-state index in [-0.39, 0.29) is 32.1 Å². The summed E-state index contributed by atoms with van der Waals surface area (Å²) in [6.45, 7) is 4.80. The number of carboxylic acid groups (broad SMARTS) is 2. The minimum Gasteiger partial charge on any atom is -0.480 e. The number of amides is 1. The van der Waals surface area contributed by atoms with Crippen molar-refractivity contribution in [3.05, 3.63) is 0 Å². The molecule has 1 aliphatic carbocycles. The monoisotopic (exact) mass is 483 g/mol. The van der Waals surface area contributed by atoms with Gasteiger partial charge >= 0.3 is 11.9 Å². The average molecular weight is 484 g/mol. The van der Waals surface area contributed by atoms with E-state index in [9.17, 15) is 29.4 Å². The van der Waals surface area contributed by atoms with Crippen molar-refractivity contribution in [3.8, 4) is 0 Å². The Kier molecular flexibility index (Phi) is 13.0. The van der Waals surface area contributed by atoms with Crippen molar-refractivity contribution in [2.24, 2.45) is 5.92 Å². The first-order valence-corrected chi connectivity index (χ1v) is 12.4. The van der Waals surface area contributed by atoms with Crippen molar-refractivity contribution >= 4 is 24.1 Å². The lowest BCUT2D eigenvalue weighted by Gasteiger charge is -2.32. The number of hydrogen-bond donors (Lipinski definition) is 3. The van der Waals surface area contributed by atoms with Crippen LogP contribution < -0.4 is 5.32 Å². The minimum atomic E-state index is -0.941. The smallest absolute Gasteiger partial charge is 0.317 e. The SMILES string of the molecule is O=CCN1CCN(CC(=O)O)CCN(CC(=O)O)CCN(CC(=O)NCC2CCCCC2)CC1. The fourth-order valence-corrected chi connectivity index (χ4v) is 4.63. The van der Waals surface area contributed by atoms with Gasteiger partial charge in [0.1, 0.15) is 6.29 Å². The van der Waals surface area contributed by atoms with E-state index in [0.717, 1.165) is 19.1 Å². The van der Waals surface area contributed by atoms with Crippen molar-refractivity contribution in [2.75, 3.05) is 85.1 Å². The summed E-state index contributed by atoms with van der Waals surface area (Å²) in [5.41, 5.74) is 0. The molecular formula is C23H41N5O6. The van der Waals surface area contributed by atoms with Gasteiger partial charge in [0, 0.05) is 58.9 Å². The number of carbonyl (C=O) groups excluding carboxylic acids is 2. The predicted octanol–water partition coefficient (Wildman–Crippen LogP) is -0.727. The predicted molar refractivity (Wildman–Crippen MR) is 127 cm³/mol. The quantitative estimate of drug-likeness (QED) is 0.342. The largest absolute Gasteiger partial charge is 0.480 e. The van der Waals surface area contributed by atoms with Gasteiger partial charge in [-0.1, -0.05) is 19.3 Å². The summed E-state index contributed by atoms with van der Waals surface area (Å²) < 4.78 is 0. The molecule has 11 nitrogen and oxygen atoms in total. The zero-order valence-electron chi connectivity index (χ0n) is 20.2. The molecule has 34 heavy (non-hydrogen) atoms. The fraction of sp³-hybridized carbons (Fsp3) is 0.826. The van der Waals surface area contributed by atoms with Crippen LogP contribution in [0.5, 0.6) is 0 Å². The molecule has 1 heterocycles. The Morgan fingerprint density at radius 2 is 1.15 bits per heavy atom. The number of aliphatic carboxylic acids is 2. The number of nitrogens with one attached hydrogen (secondary N) is 1. The van der Waals surface area contributed by atoms with Crippen molar-refractivity contribution in [3.63, 3.8) is 0 Å². The second-order valence-corrected chi connectivity index (χ2v) is 9.39. The molecule has 3 N–H and O–H groups in total. The molecule has 2 aliphatic rings. The van der Waals surface area contributed by atoms with Gasteiger partial charge in [0.15, 0.2) is 0 Å². The van der Waals surface area contributed by atoms with Crippen molar-refractivity contribution in [1.82, 2.24) is 24.9 Å². The summed E-state index contributed by atoms with van der Waals surface area (Å²) in [5, 5.41) is 21.6. The second-order valence-electron chi connectivity index (χ2n) is 9.39. The van der Waals surface area contributed by atoms with E-state index in [2.05, 4.69) is 5.32 Å². The van der Waals surface area contributed by atoms with E-state index in [1.54, 1.807) is 9.80 Å². The summed E-state index contributed by atoms with van der Waals surface area (Å²) in [6.07, 6.45) is 6.88. The Labute approximate surface area is 202 Å². The van der Waals surface area contributed by atoms with Gasteiger partial charge < -0.3 is 20.3 Å². The zero-order chi connectivity index (χ0) is 24.8. The van der Waals surface area contributed by atoms with Crippen LogP contribution in [0.2, 0.25) is 0 Å². The van der Waals surface area contributed by atoms with Crippen LogP contribution in [0, 0.1) is 5.92 Å². The molecule has 0 aromatic rings. The molecule has 1 aliphatic heterocycles. The third-order valence-electron chi connectivity index (χ3n) is 6.66. The first-order chi connectivity index (χ1) is 16.4. The van der Waals surface area contributed by atoms with Gasteiger partial charge in [0.05, 0.1) is 26.2 Å². The van der Waals surface area contributed by atoms with Crippen LogP contribution >= 0.6 is 0 Å². The van der Waals surface area contributed by atoms with Gasteiger partial charge in [0.25, 0.3) is 0 Å². The molecule has 0 aromatic carbocycles. The van der Waals surface area contributed by atoms with Crippen LogP contribution in [0.1, 0.15) is 32.1 Å². The Balaban J connectivity index is 1.99. The number of nitrogens with zero attached hydrogens (tertiary/aromatic N) is 4. The topological polar surface area (TPSA) is 134 Å². The van der Waals surface area contributed by atoms with E-state index >= 15 is 0 Å². The van der Waals surface area contributed by atoms with E-state index in [4.69, 9.17) is 0 Å². The zero-order valence-corrected chi connectivity index (χ0v) is 20.2. The van der Waals surface area contributed by atoms with Gasteiger partial charge in [-0.15, -0.1) is 0 Å². The third-order valence-corrected chi connectivity index (χ3v) is 6.66. The highest BCUT2D eigenvalue weighted by molar-refractivity contribution is 5.78. The molecule has 0 unspecified atom stereocenters. The van der Waals surface area contributed by atoms with Gasteiger partial charge in [0.2, 0.25) is 5.91 Å². The lowest BCUT2D eigenvalue weighted by molar-refractivity contribution is -0.140. The van der Waals surface area contributed by atoms with Crippen molar-refractivity contribution in [1.29, 1.82) is 0 Å². The molecule has 0 spiro atoms. The van der Waals surface area contributed by atoms with Gasteiger partial charge in [-0.25, -0.2) is 0 Å². The number of aldehydes is 1. The summed E-state index contributed by atoms with van der Waals surface area (Å²) in [6, 6.07) is 0. The summed E-state index contributed by atoms with van der Waals surface area (Å²) >= 11 is 0. The lowest BCUT2D eigenvalue weighted by atomic mass is 9.89. The highest BCUT2D eigenvalue weighted by atomic mass is 16.4. The van der Waals surface area contributed by atoms with Crippen LogP contribution in [0.3, 0.4) is 0 Å². The standard InChI is InChI=1S/C23H41N5O6/c29-15-14-25-6-8-26(17-21(30)24-16-20-4-2-1-3-5-20)10-11-28(19-23(33)34)13-12-27(9-7-25)18-22(31)32/h15,20H,1-14,16-19H2,(H,24,30)(H,31,32)(H,33,34). The van der Waals surface area contributed by atoms with Crippen LogP contribution in [0.25, 0.3) is 0 Å². The first kappa shape index (κ1) is 28.2. The molecule has 0 radical (unpaired) electrons. The molecule has 0 bridgehead atoms. The summed E-state index contributed by atoms with van der Waals surface area (Å²) in [4.78, 5) is 53.9.